The van der Waals surface area contributed by atoms with Crippen molar-refractivity contribution in [1.82, 2.24) is 5.32 Å². The van der Waals surface area contributed by atoms with Gasteiger partial charge in [0.05, 0.1) is 5.41 Å². The molecule has 4 aliphatic carbocycles. The Kier molecular flexibility index (Phi) is 5.08. The molecule has 27 heavy (non-hydrogen) atoms. The van der Waals surface area contributed by atoms with Gasteiger partial charge >= 0.3 is 0 Å². The zero-order chi connectivity index (χ0) is 19.2. The molecule has 4 bridgehead atoms. The molecule has 2 nitrogen and oxygen atoms in total. The highest BCUT2D eigenvalue weighted by atomic mass is 35.5. The van der Waals surface area contributed by atoms with Gasteiger partial charge in [0.25, 0.3) is 0 Å². The van der Waals surface area contributed by atoms with Gasteiger partial charge in [0.1, 0.15) is 0 Å². The summed E-state index contributed by atoms with van der Waals surface area (Å²) in [7, 11) is 0. The number of halogens is 1. The fourth-order valence-electron chi connectivity index (χ4n) is 6.42. The molecule has 0 aliphatic heterocycles. The molecule has 1 N–H and O–H groups in total. The number of carbonyl (C=O) groups excluding carboxylic acids is 1. The molecule has 0 heterocycles. The van der Waals surface area contributed by atoms with E-state index in [1.165, 1.54) is 17.5 Å². The number of rotatable bonds is 6. The Bertz CT molecular complexity index is 681. The fraction of sp³-hybridized carbons (Fsp3) is 0.708. The number of alkyl halides is 1. The maximum absolute atomic E-state index is 13.2. The molecular weight excluding hydrogens is 354 g/mol. The van der Waals surface area contributed by atoms with E-state index in [2.05, 4.69) is 50.4 Å². The van der Waals surface area contributed by atoms with Gasteiger partial charge in [-0.15, -0.1) is 11.6 Å². The molecular formula is C24H34ClNO. The molecule has 3 atom stereocenters. The smallest absolute Gasteiger partial charge is 0.226 e. The van der Waals surface area contributed by atoms with Gasteiger partial charge in [-0.25, -0.2) is 0 Å². The van der Waals surface area contributed by atoms with Crippen LogP contribution >= 0.6 is 11.6 Å². The minimum Gasteiger partial charge on any atom is -0.355 e. The first kappa shape index (κ1) is 19.3. The number of hydrogen-bond acceptors (Lipinski definition) is 1. The lowest BCUT2D eigenvalue weighted by Crippen LogP contribution is -2.58. The Morgan fingerprint density at radius 2 is 1.74 bits per heavy atom. The molecule has 0 aromatic heterocycles. The molecule has 3 heteroatoms. The van der Waals surface area contributed by atoms with Gasteiger partial charge in [-0.2, -0.15) is 0 Å². The van der Waals surface area contributed by atoms with Gasteiger partial charge in [0.15, 0.2) is 0 Å². The van der Waals surface area contributed by atoms with Gasteiger partial charge in [0, 0.05) is 11.4 Å². The van der Waals surface area contributed by atoms with Crippen LogP contribution in [0.2, 0.25) is 0 Å². The minimum atomic E-state index is -0.188. The maximum Gasteiger partial charge on any atom is 0.226 e. The van der Waals surface area contributed by atoms with Crippen LogP contribution in [0.25, 0.3) is 0 Å². The Morgan fingerprint density at radius 3 is 2.30 bits per heavy atom. The Balaban J connectivity index is 1.36. The molecule has 0 radical (unpaired) electrons. The summed E-state index contributed by atoms with van der Waals surface area (Å²) in [5.41, 5.74) is 2.51. The molecule has 0 unspecified atom stereocenters. The van der Waals surface area contributed by atoms with E-state index < -0.39 is 0 Å². The van der Waals surface area contributed by atoms with Gasteiger partial charge in [-0.1, -0.05) is 45.0 Å². The van der Waals surface area contributed by atoms with Crippen molar-refractivity contribution >= 4 is 17.5 Å². The lowest BCUT2D eigenvalue weighted by Gasteiger charge is -2.59. The van der Waals surface area contributed by atoms with Crippen LogP contribution in [0.4, 0.5) is 0 Å². The molecule has 4 aliphatic rings. The summed E-state index contributed by atoms with van der Waals surface area (Å²) < 4.78 is 0. The van der Waals surface area contributed by atoms with E-state index in [0.29, 0.717) is 30.2 Å². The number of benzene rings is 1. The van der Waals surface area contributed by atoms with Crippen LogP contribution < -0.4 is 5.32 Å². The highest BCUT2D eigenvalue weighted by molar-refractivity contribution is 6.24. The first-order chi connectivity index (χ1) is 12.8. The quantitative estimate of drug-likeness (QED) is 0.625. The van der Waals surface area contributed by atoms with Crippen LogP contribution in [-0.2, 0) is 11.2 Å². The van der Waals surface area contributed by atoms with Crippen molar-refractivity contribution in [1.29, 1.82) is 0 Å². The summed E-state index contributed by atoms with van der Waals surface area (Å²) >= 11 is 6.89. The second kappa shape index (κ2) is 7.10. The lowest BCUT2D eigenvalue weighted by atomic mass is 9.49. The number of carbonyl (C=O) groups is 1. The van der Waals surface area contributed by atoms with Gasteiger partial charge < -0.3 is 5.32 Å². The van der Waals surface area contributed by atoms with Crippen molar-refractivity contribution in [2.45, 2.75) is 76.5 Å². The number of amides is 1. The van der Waals surface area contributed by atoms with Crippen molar-refractivity contribution < 1.29 is 4.79 Å². The van der Waals surface area contributed by atoms with E-state index >= 15 is 0 Å². The largest absolute Gasteiger partial charge is 0.355 e. The van der Waals surface area contributed by atoms with Crippen LogP contribution in [0.3, 0.4) is 0 Å². The molecule has 4 fully saturated rings. The summed E-state index contributed by atoms with van der Waals surface area (Å²) in [5.74, 6) is 2.62. The average molecular weight is 388 g/mol. The first-order valence-corrected chi connectivity index (χ1v) is 11.2. The van der Waals surface area contributed by atoms with Crippen molar-refractivity contribution in [3.63, 3.8) is 0 Å². The van der Waals surface area contributed by atoms with Crippen molar-refractivity contribution in [2.75, 3.05) is 6.54 Å². The average Bonchev–Trinajstić information content (AvgIpc) is 2.57. The van der Waals surface area contributed by atoms with E-state index in [1.54, 1.807) is 0 Å². The minimum absolute atomic E-state index is 0.0979. The molecule has 1 aromatic carbocycles. The Hall–Kier alpha value is -1.02. The third-order valence-electron chi connectivity index (χ3n) is 7.23. The van der Waals surface area contributed by atoms with E-state index in [1.807, 2.05) is 0 Å². The summed E-state index contributed by atoms with van der Waals surface area (Å²) in [6.45, 7) is 7.43. The van der Waals surface area contributed by atoms with E-state index in [0.717, 1.165) is 38.5 Å². The highest BCUT2D eigenvalue weighted by Gasteiger charge is 2.59. The van der Waals surface area contributed by atoms with Gasteiger partial charge in [-0.05, 0) is 79.7 Å². The van der Waals surface area contributed by atoms with Crippen LogP contribution in [-0.4, -0.2) is 17.3 Å². The van der Waals surface area contributed by atoms with Crippen molar-refractivity contribution in [3.8, 4) is 0 Å². The summed E-state index contributed by atoms with van der Waals surface area (Å²) in [4.78, 5) is 13.1. The van der Waals surface area contributed by atoms with E-state index in [-0.39, 0.29) is 16.2 Å². The zero-order valence-electron chi connectivity index (χ0n) is 17.1. The monoisotopic (exact) mass is 387 g/mol. The number of hydrogen-bond donors (Lipinski definition) is 1. The van der Waals surface area contributed by atoms with Gasteiger partial charge in [-0.3, -0.25) is 4.79 Å². The second-order valence-electron chi connectivity index (χ2n) is 10.3. The SMILES string of the molecule is CC(C)Cc1ccc([C@H](C)CNC(=O)C23C[C@@H]4C[C@H](CC(Cl)(C4)C2)C3)cc1. The summed E-state index contributed by atoms with van der Waals surface area (Å²) in [6, 6.07) is 8.94. The van der Waals surface area contributed by atoms with Crippen molar-refractivity contribution in [2.24, 2.45) is 23.2 Å². The van der Waals surface area contributed by atoms with E-state index in [9.17, 15) is 4.79 Å². The predicted molar refractivity (Wildman–Crippen MR) is 112 cm³/mol. The third kappa shape index (κ3) is 3.92. The molecule has 5 rings (SSSR count). The summed E-state index contributed by atoms with van der Waals surface area (Å²) in [6.07, 6.45) is 7.67. The predicted octanol–water partition coefficient (Wildman–Crippen LogP) is 5.68. The van der Waals surface area contributed by atoms with E-state index in [4.69, 9.17) is 11.6 Å². The third-order valence-corrected chi connectivity index (χ3v) is 7.68. The molecule has 1 aromatic rings. The fourth-order valence-corrected chi connectivity index (χ4v) is 7.11. The molecule has 4 saturated carbocycles. The molecule has 0 saturated heterocycles. The standard InChI is InChI=1S/C24H34ClNO/c1-16(2)8-18-4-6-21(7-5-18)17(3)14-26-22(27)23-10-19-9-20(11-23)13-24(25,12-19)15-23/h4-7,16-17,19-20H,8-15H2,1-3H3,(H,26,27)/t17-,19+,20+,23?,24?/m1/s1. The second-order valence-corrected chi connectivity index (χ2v) is 11.1. The lowest BCUT2D eigenvalue weighted by molar-refractivity contribution is -0.144. The van der Waals surface area contributed by atoms with Crippen LogP contribution in [0.5, 0.6) is 0 Å². The highest BCUT2D eigenvalue weighted by Crippen LogP contribution is 2.63. The molecule has 148 valence electrons. The van der Waals surface area contributed by atoms with Crippen LogP contribution in [0.1, 0.15) is 76.3 Å². The first-order valence-electron chi connectivity index (χ1n) is 10.8. The number of nitrogens with one attached hydrogen (secondary N) is 1. The van der Waals surface area contributed by atoms with Gasteiger partial charge in [0.2, 0.25) is 5.91 Å². The van der Waals surface area contributed by atoms with Crippen LogP contribution in [0, 0.1) is 23.2 Å². The normalized spacial score (nSPS) is 35.4. The zero-order valence-corrected chi connectivity index (χ0v) is 17.8. The molecule has 0 spiro atoms. The van der Waals surface area contributed by atoms with Crippen molar-refractivity contribution in [3.05, 3.63) is 35.4 Å². The van der Waals surface area contributed by atoms with Crippen LogP contribution in [0.15, 0.2) is 24.3 Å². The molecule has 1 amide bonds. The topological polar surface area (TPSA) is 29.1 Å². The Labute approximate surface area is 169 Å². The Morgan fingerprint density at radius 1 is 1.11 bits per heavy atom. The summed E-state index contributed by atoms with van der Waals surface area (Å²) in [5, 5.41) is 3.30. The maximum atomic E-state index is 13.2.